The van der Waals surface area contributed by atoms with Crippen molar-refractivity contribution in [2.24, 2.45) is 4.40 Å². The Labute approximate surface area is 162 Å². The van der Waals surface area contributed by atoms with Gasteiger partial charge in [0.25, 0.3) is 0 Å². The molecule has 0 aliphatic carbocycles. The molecule has 2 atom stereocenters. The summed E-state index contributed by atoms with van der Waals surface area (Å²) in [5.74, 6) is 1.31. The minimum atomic E-state index is -1.37. The summed E-state index contributed by atoms with van der Waals surface area (Å²) in [5.41, 5.74) is 2.93. The molecule has 7 heteroatoms. The van der Waals surface area contributed by atoms with Crippen LogP contribution in [0.4, 0.5) is 0 Å². The minimum absolute atomic E-state index is 0.369. The quantitative estimate of drug-likeness (QED) is 0.798. The molecule has 6 nitrogen and oxygen atoms in total. The minimum Gasteiger partial charge on any atom is -0.497 e. The van der Waals surface area contributed by atoms with Gasteiger partial charge in [-0.3, -0.25) is 9.97 Å². The molecule has 0 spiro atoms. The number of methoxy groups -OCH3 is 1. The van der Waals surface area contributed by atoms with Gasteiger partial charge in [0.05, 0.1) is 41.4 Å². The van der Waals surface area contributed by atoms with E-state index in [1.807, 2.05) is 39.0 Å². The molecule has 0 N–H and O–H groups in total. The topological polar surface area (TPSA) is 73.7 Å². The van der Waals surface area contributed by atoms with Crippen LogP contribution < -0.4 is 9.47 Å². The van der Waals surface area contributed by atoms with E-state index in [0.29, 0.717) is 29.3 Å². The van der Waals surface area contributed by atoms with Crippen LogP contribution in [0.5, 0.6) is 11.5 Å². The van der Waals surface area contributed by atoms with E-state index < -0.39 is 15.7 Å². The van der Waals surface area contributed by atoms with Gasteiger partial charge in [-0.05, 0) is 39.0 Å². The number of benzene rings is 1. The molecule has 0 saturated carbocycles. The molecule has 1 aliphatic heterocycles. The zero-order valence-corrected chi connectivity index (χ0v) is 16.7. The van der Waals surface area contributed by atoms with Crippen LogP contribution in [0, 0.1) is 0 Å². The number of rotatable bonds is 4. The van der Waals surface area contributed by atoms with E-state index in [-0.39, 0.29) is 6.10 Å². The summed E-state index contributed by atoms with van der Waals surface area (Å²) in [7, 11) is 0.229. The fraction of sp³-hybridized carbons (Fsp3) is 0.350. The molecule has 0 saturated heterocycles. The maximum Gasteiger partial charge on any atom is 0.148 e. The normalized spacial score (nSPS) is 19.1. The van der Waals surface area contributed by atoms with Crippen LogP contribution in [0.15, 0.2) is 41.6 Å². The van der Waals surface area contributed by atoms with Gasteiger partial charge in [-0.1, -0.05) is 6.58 Å². The average Bonchev–Trinajstić information content (AvgIpc) is 2.66. The largest absolute Gasteiger partial charge is 0.497 e. The van der Waals surface area contributed by atoms with Crippen LogP contribution in [-0.4, -0.2) is 31.7 Å². The van der Waals surface area contributed by atoms with Gasteiger partial charge in [0.1, 0.15) is 28.6 Å². The van der Waals surface area contributed by atoms with Gasteiger partial charge in [0.2, 0.25) is 0 Å². The molecule has 0 radical (unpaired) electrons. The molecule has 1 aromatic carbocycles. The molecule has 0 fully saturated rings. The monoisotopic (exact) mass is 385 g/mol. The predicted molar refractivity (Wildman–Crippen MR) is 108 cm³/mol. The van der Waals surface area contributed by atoms with Crippen LogP contribution in [0.1, 0.15) is 50.2 Å². The van der Waals surface area contributed by atoms with E-state index in [9.17, 15) is 4.21 Å². The highest BCUT2D eigenvalue weighted by atomic mass is 32.2. The summed E-state index contributed by atoms with van der Waals surface area (Å²) in [5, 5.41) is 0. The van der Waals surface area contributed by atoms with Crippen LogP contribution in [-0.2, 0) is 11.0 Å². The first-order valence-electron chi connectivity index (χ1n) is 8.61. The molecule has 2 aromatic rings. The van der Waals surface area contributed by atoms with Gasteiger partial charge in [0, 0.05) is 18.1 Å². The highest BCUT2D eigenvalue weighted by Gasteiger charge is 2.30. The van der Waals surface area contributed by atoms with Gasteiger partial charge in [0.15, 0.2) is 0 Å². The van der Waals surface area contributed by atoms with Crippen LogP contribution >= 0.6 is 0 Å². The second-order valence-corrected chi connectivity index (χ2v) is 9.05. The molecular weight excluding hydrogens is 362 g/mol. The maximum atomic E-state index is 12.6. The van der Waals surface area contributed by atoms with Gasteiger partial charge >= 0.3 is 0 Å². The summed E-state index contributed by atoms with van der Waals surface area (Å²) in [6.07, 6.45) is 5.05. The van der Waals surface area contributed by atoms with Crippen molar-refractivity contribution in [1.29, 1.82) is 0 Å². The lowest BCUT2D eigenvalue weighted by molar-refractivity contribution is 0.200. The number of fused-ring (bicyclic) bond motifs is 1. The standard InChI is InChI=1S/C20H23N3O3S/c1-6-13-11-22-17(12-21-13)19-10-16(23-27(24)20(2,3)4)15-8-7-14(25-5)9-18(15)26-19/h6-9,11-12,19H,1,10H2,2-5H3/b23-16+/t19-,27+/m1/s1. The Morgan fingerprint density at radius 1 is 1.33 bits per heavy atom. The Kier molecular flexibility index (Phi) is 5.41. The first-order valence-corrected chi connectivity index (χ1v) is 9.71. The Balaban J connectivity index is 2.03. The smallest absolute Gasteiger partial charge is 0.148 e. The van der Waals surface area contributed by atoms with Crippen molar-refractivity contribution in [3.8, 4) is 11.5 Å². The fourth-order valence-electron chi connectivity index (χ4n) is 2.55. The zero-order valence-electron chi connectivity index (χ0n) is 15.9. The van der Waals surface area contributed by atoms with E-state index >= 15 is 0 Å². The number of hydrogen-bond acceptors (Lipinski definition) is 5. The van der Waals surface area contributed by atoms with Crippen LogP contribution in [0.25, 0.3) is 6.08 Å². The van der Waals surface area contributed by atoms with Gasteiger partial charge in [-0.25, -0.2) is 4.21 Å². The SMILES string of the molecule is C=Cc1cnc([C@H]2C/C(=N\[S@@](=O)C(C)(C)C)c3ccc(OC)cc3O2)cn1. The summed E-state index contributed by atoms with van der Waals surface area (Å²) in [4.78, 5) is 8.73. The van der Waals surface area contributed by atoms with Crippen molar-refractivity contribution in [1.82, 2.24) is 9.97 Å². The van der Waals surface area contributed by atoms with E-state index in [1.165, 1.54) is 0 Å². The van der Waals surface area contributed by atoms with Crippen molar-refractivity contribution in [3.63, 3.8) is 0 Å². The highest BCUT2D eigenvalue weighted by molar-refractivity contribution is 7.85. The predicted octanol–water partition coefficient (Wildman–Crippen LogP) is 3.90. The lowest BCUT2D eigenvalue weighted by Crippen LogP contribution is -2.25. The van der Waals surface area contributed by atoms with Gasteiger partial charge < -0.3 is 9.47 Å². The molecule has 0 unspecified atom stereocenters. The zero-order chi connectivity index (χ0) is 19.6. The van der Waals surface area contributed by atoms with Gasteiger partial charge in [-0.15, -0.1) is 0 Å². The van der Waals surface area contributed by atoms with Crippen molar-refractivity contribution in [3.05, 3.63) is 54.1 Å². The third-order valence-corrected chi connectivity index (χ3v) is 5.53. The van der Waals surface area contributed by atoms with Crippen LogP contribution in [0.3, 0.4) is 0 Å². The van der Waals surface area contributed by atoms with Crippen molar-refractivity contribution < 1.29 is 13.7 Å². The average molecular weight is 385 g/mol. The number of hydrogen-bond donors (Lipinski definition) is 0. The summed E-state index contributed by atoms with van der Waals surface area (Å²) < 4.78 is 28.1. The first-order chi connectivity index (χ1) is 12.8. The molecule has 2 heterocycles. The first kappa shape index (κ1) is 19.2. The Hall–Kier alpha value is -2.54. The maximum absolute atomic E-state index is 12.6. The number of aromatic nitrogens is 2. The van der Waals surface area contributed by atoms with E-state index in [2.05, 4.69) is 20.9 Å². The highest BCUT2D eigenvalue weighted by Crippen LogP contribution is 2.37. The fourth-order valence-corrected chi connectivity index (χ4v) is 3.20. The molecule has 142 valence electrons. The summed E-state index contributed by atoms with van der Waals surface area (Å²) in [6.45, 7) is 9.39. The third kappa shape index (κ3) is 4.24. The van der Waals surface area contributed by atoms with Crippen molar-refractivity contribution in [2.75, 3.05) is 7.11 Å². The molecule has 0 amide bonds. The second-order valence-electron chi connectivity index (χ2n) is 7.14. The van der Waals surface area contributed by atoms with Crippen LogP contribution in [0.2, 0.25) is 0 Å². The van der Waals surface area contributed by atoms with Crippen molar-refractivity contribution in [2.45, 2.75) is 38.0 Å². The number of ether oxygens (including phenoxy) is 2. The summed E-state index contributed by atoms with van der Waals surface area (Å²) in [6, 6.07) is 5.54. The Bertz CT molecular complexity index is 902. The third-order valence-electron chi connectivity index (χ3n) is 4.10. The summed E-state index contributed by atoms with van der Waals surface area (Å²) >= 11 is 0. The Morgan fingerprint density at radius 3 is 2.70 bits per heavy atom. The molecular formula is C20H23N3O3S. The van der Waals surface area contributed by atoms with Gasteiger partial charge in [-0.2, -0.15) is 4.40 Å². The lowest BCUT2D eigenvalue weighted by Gasteiger charge is -2.27. The lowest BCUT2D eigenvalue weighted by atomic mass is 9.98. The molecule has 0 bridgehead atoms. The molecule has 3 rings (SSSR count). The second kappa shape index (κ2) is 7.60. The number of nitrogens with zero attached hydrogens (tertiary/aromatic N) is 3. The van der Waals surface area contributed by atoms with Crippen molar-refractivity contribution >= 4 is 22.8 Å². The van der Waals surface area contributed by atoms with E-state index in [0.717, 1.165) is 11.3 Å². The Morgan fingerprint density at radius 2 is 2.11 bits per heavy atom. The molecule has 27 heavy (non-hydrogen) atoms. The molecule has 1 aliphatic rings. The van der Waals surface area contributed by atoms with E-state index in [1.54, 1.807) is 25.6 Å². The van der Waals surface area contributed by atoms with E-state index in [4.69, 9.17) is 9.47 Å². The molecule has 1 aromatic heterocycles.